The molecule has 0 aromatic carbocycles. The molecule has 0 amide bonds. The Labute approximate surface area is 84.1 Å². The molecule has 1 rings (SSSR count). The van der Waals surface area contributed by atoms with E-state index in [2.05, 4.69) is 4.98 Å². The molecule has 0 N–H and O–H groups in total. The summed E-state index contributed by atoms with van der Waals surface area (Å²) in [6.07, 6.45) is 4.74. The van der Waals surface area contributed by atoms with Crippen LogP contribution in [0, 0.1) is 0 Å². The van der Waals surface area contributed by atoms with Crippen LogP contribution < -0.4 is 0 Å². The summed E-state index contributed by atoms with van der Waals surface area (Å²) in [5, 5.41) is 0. The lowest BCUT2D eigenvalue weighted by atomic mass is 10.1. The number of rotatable bonds is 4. The van der Waals surface area contributed by atoms with Crippen LogP contribution >= 0.6 is 0 Å². The van der Waals surface area contributed by atoms with Crippen LogP contribution in [0.5, 0.6) is 0 Å². The second-order valence-corrected chi connectivity index (χ2v) is 2.98. The van der Waals surface area contributed by atoms with Crippen molar-refractivity contribution < 1.29 is 9.53 Å². The third kappa shape index (κ3) is 2.83. The number of esters is 1. The molecule has 0 radical (unpaired) electrons. The molecule has 0 aliphatic rings. The van der Waals surface area contributed by atoms with Crippen molar-refractivity contribution in [3.05, 3.63) is 29.6 Å². The van der Waals surface area contributed by atoms with Crippen molar-refractivity contribution in [3.63, 3.8) is 0 Å². The zero-order valence-corrected chi connectivity index (χ0v) is 8.62. The van der Waals surface area contributed by atoms with E-state index in [9.17, 15) is 4.79 Å². The van der Waals surface area contributed by atoms with Gasteiger partial charge in [0.1, 0.15) is 0 Å². The molecule has 0 aliphatic heterocycles. The Balaban J connectivity index is 2.70. The molecule has 76 valence electrons. The van der Waals surface area contributed by atoms with Gasteiger partial charge in [-0.1, -0.05) is 6.92 Å². The number of hydrogen-bond donors (Lipinski definition) is 0. The number of nitrogens with zero attached hydrogens (tertiary/aromatic N) is 1. The monoisotopic (exact) mass is 193 g/mol. The normalized spacial score (nSPS) is 9.86. The van der Waals surface area contributed by atoms with Gasteiger partial charge in [-0.15, -0.1) is 0 Å². The number of carbonyl (C=O) groups excluding carboxylic acids is 1. The lowest BCUT2D eigenvalue weighted by Gasteiger charge is -2.05. The van der Waals surface area contributed by atoms with Gasteiger partial charge in [0.25, 0.3) is 0 Å². The van der Waals surface area contributed by atoms with E-state index in [-0.39, 0.29) is 5.97 Å². The Kier molecular flexibility index (Phi) is 4.11. The third-order valence-electron chi connectivity index (χ3n) is 2.03. The minimum atomic E-state index is -0.173. The van der Waals surface area contributed by atoms with Crippen LogP contribution in [0.25, 0.3) is 0 Å². The molecule has 0 aliphatic carbocycles. The molecule has 3 heteroatoms. The van der Waals surface area contributed by atoms with Crippen LogP contribution in [0.4, 0.5) is 0 Å². The fraction of sp³-hybridized carbons (Fsp3) is 0.455. The molecule has 0 saturated carbocycles. The van der Waals surface area contributed by atoms with Crippen LogP contribution in [-0.2, 0) is 22.4 Å². The minimum absolute atomic E-state index is 0.173. The maximum Gasteiger partial charge on any atom is 0.310 e. The van der Waals surface area contributed by atoms with Gasteiger partial charge in [0, 0.05) is 12.4 Å². The molecule has 1 aromatic rings. The Morgan fingerprint density at radius 1 is 1.43 bits per heavy atom. The highest BCUT2D eigenvalue weighted by Gasteiger charge is 2.06. The molecule has 0 unspecified atom stereocenters. The first-order valence-corrected chi connectivity index (χ1v) is 4.85. The third-order valence-corrected chi connectivity index (χ3v) is 2.03. The summed E-state index contributed by atoms with van der Waals surface area (Å²) in [6.45, 7) is 4.29. The molecule has 3 nitrogen and oxygen atoms in total. The average Bonchev–Trinajstić information content (AvgIpc) is 2.19. The zero-order chi connectivity index (χ0) is 10.4. The van der Waals surface area contributed by atoms with Crippen molar-refractivity contribution in [2.45, 2.75) is 26.7 Å². The second-order valence-electron chi connectivity index (χ2n) is 2.98. The van der Waals surface area contributed by atoms with Gasteiger partial charge in [0.2, 0.25) is 0 Å². The highest BCUT2D eigenvalue weighted by molar-refractivity contribution is 5.72. The summed E-state index contributed by atoms with van der Waals surface area (Å²) in [5.41, 5.74) is 2.13. The van der Waals surface area contributed by atoms with Crippen LogP contribution in [-0.4, -0.2) is 17.6 Å². The maximum absolute atomic E-state index is 11.2. The molecule has 0 bridgehead atoms. The van der Waals surface area contributed by atoms with Crippen LogP contribution in [0.1, 0.15) is 25.0 Å². The number of ether oxygens (including phenoxy) is 1. The van der Waals surface area contributed by atoms with E-state index in [4.69, 9.17) is 4.74 Å². The molecule has 0 saturated heterocycles. The summed E-state index contributed by atoms with van der Waals surface area (Å²) in [5.74, 6) is -0.173. The van der Waals surface area contributed by atoms with Crippen LogP contribution in [0.2, 0.25) is 0 Å². The van der Waals surface area contributed by atoms with Gasteiger partial charge in [0.15, 0.2) is 0 Å². The largest absolute Gasteiger partial charge is 0.466 e. The van der Waals surface area contributed by atoms with Gasteiger partial charge in [-0.2, -0.15) is 0 Å². The van der Waals surface area contributed by atoms with Crippen LogP contribution in [0.3, 0.4) is 0 Å². The Bertz CT molecular complexity index is 310. The van der Waals surface area contributed by atoms with Crippen LogP contribution in [0.15, 0.2) is 18.5 Å². The summed E-state index contributed by atoms with van der Waals surface area (Å²) < 4.78 is 4.89. The topological polar surface area (TPSA) is 39.2 Å². The molecule has 0 fully saturated rings. The van der Waals surface area contributed by atoms with E-state index in [1.54, 1.807) is 12.4 Å². The maximum atomic E-state index is 11.2. The van der Waals surface area contributed by atoms with Gasteiger partial charge < -0.3 is 4.74 Å². The summed E-state index contributed by atoms with van der Waals surface area (Å²) in [4.78, 5) is 15.3. The first-order chi connectivity index (χ1) is 6.77. The van der Waals surface area contributed by atoms with E-state index >= 15 is 0 Å². The second kappa shape index (κ2) is 5.37. The van der Waals surface area contributed by atoms with Crippen molar-refractivity contribution in [2.24, 2.45) is 0 Å². The van der Waals surface area contributed by atoms with E-state index in [1.807, 2.05) is 19.9 Å². The van der Waals surface area contributed by atoms with Crippen molar-refractivity contribution in [1.29, 1.82) is 0 Å². The SMILES string of the molecule is CCOC(=O)Cc1ccncc1CC. The highest BCUT2D eigenvalue weighted by Crippen LogP contribution is 2.08. The fourth-order valence-corrected chi connectivity index (χ4v) is 1.31. The minimum Gasteiger partial charge on any atom is -0.466 e. The van der Waals surface area contributed by atoms with Gasteiger partial charge in [-0.25, -0.2) is 0 Å². The fourth-order valence-electron chi connectivity index (χ4n) is 1.31. The lowest BCUT2D eigenvalue weighted by Crippen LogP contribution is -2.09. The average molecular weight is 193 g/mol. The summed E-state index contributed by atoms with van der Waals surface area (Å²) in [7, 11) is 0. The van der Waals surface area contributed by atoms with E-state index < -0.39 is 0 Å². The Morgan fingerprint density at radius 3 is 2.86 bits per heavy atom. The van der Waals surface area contributed by atoms with Crippen molar-refractivity contribution in [2.75, 3.05) is 6.61 Å². The van der Waals surface area contributed by atoms with Crippen molar-refractivity contribution in [1.82, 2.24) is 4.98 Å². The molecular formula is C11H15NO2. The number of aromatic nitrogens is 1. The van der Waals surface area contributed by atoms with E-state index in [1.165, 1.54) is 0 Å². The molecule has 0 atom stereocenters. The van der Waals surface area contributed by atoms with Crippen molar-refractivity contribution in [3.8, 4) is 0 Å². The standard InChI is InChI=1S/C11H15NO2/c1-3-9-8-12-6-5-10(9)7-11(13)14-4-2/h5-6,8H,3-4,7H2,1-2H3. The molecular weight excluding hydrogens is 178 g/mol. The van der Waals surface area contributed by atoms with Gasteiger partial charge in [-0.3, -0.25) is 9.78 Å². The zero-order valence-electron chi connectivity index (χ0n) is 8.62. The molecule has 1 aromatic heterocycles. The Morgan fingerprint density at radius 2 is 2.21 bits per heavy atom. The van der Waals surface area contributed by atoms with E-state index in [0.717, 1.165) is 17.5 Å². The summed E-state index contributed by atoms with van der Waals surface area (Å²) >= 11 is 0. The number of aryl methyl sites for hydroxylation is 1. The number of hydrogen-bond acceptors (Lipinski definition) is 3. The molecule has 1 heterocycles. The first kappa shape index (κ1) is 10.7. The predicted octanol–water partition coefficient (Wildman–Crippen LogP) is 1.75. The Hall–Kier alpha value is -1.38. The smallest absolute Gasteiger partial charge is 0.310 e. The molecule has 0 spiro atoms. The predicted molar refractivity (Wildman–Crippen MR) is 54.0 cm³/mol. The quantitative estimate of drug-likeness (QED) is 0.684. The highest BCUT2D eigenvalue weighted by atomic mass is 16.5. The van der Waals surface area contributed by atoms with E-state index in [0.29, 0.717) is 13.0 Å². The lowest BCUT2D eigenvalue weighted by molar-refractivity contribution is -0.142. The van der Waals surface area contributed by atoms with Crippen molar-refractivity contribution >= 4 is 5.97 Å². The summed E-state index contributed by atoms with van der Waals surface area (Å²) in [6, 6.07) is 1.87. The number of pyridine rings is 1. The molecule has 14 heavy (non-hydrogen) atoms. The van der Waals surface area contributed by atoms with Gasteiger partial charge in [0.05, 0.1) is 13.0 Å². The number of carbonyl (C=O) groups is 1. The van der Waals surface area contributed by atoms with Gasteiger partial charge >= 0.3 is 5.97 Å². The first-order valence-electron chi connectivity index (χ1n) is 4.85. The van der Waals surface area contributed by atoms with Gasteiger partial charge in [-0.05, 0) is 30.5 Å².